The van der Waals surface area contributed by atoms with Crippen molar-refractivity contribution in [3.05, 3.63) is 59.2 Å². The summed E-state index contributed by atoms with van der Waals surface area (Å²) < 4.78 is 37.9. The fraction of sp³-hybridized carbons (Fsp3) is 0.381. The number of nitrogens with zero attached hydrogens (tertiary/aromatic N) is 1. The number of nitrogens with two attached hydrogens (primary N) is 1. The van der Waals surface area contributed by atoms with Gasteiger partial charge in [0.2, 0.25) is 5.91 Å². The molecule has 0 radical (unpaired) electrons. The molecule has 2 aromatic rings. The van der Waals surface area contributed by atoms with Gasteiger partial charge in [0.25, 0.3) is 0 Å². The van der Waals surface area contributed by atoms with Gasteiger partial charge in [0, 0.05) is 19.1 Å². The van der Waals surface area contributed by atoms with Crippen LogP contribution in [0.4, 0.5) is 24.5 Å². The molecule has 2 aromatic carbocycles. The van der Waals surface area contributed by atoms with Gasteiger partial charge in [-0.1, -0.05) is 24.3 Å². The minimum Gasteiger partial charge on any atom is -0.397 e. The molecule has 3 N–H and O–H groups in total. The lowest BCUT2D eigenvalue weighted by atomic mass is 10.0. The van der Waals surface area contributed by atoms with E-state index in [1.807, 2.05) is 25.1 Å². The summed E-state index contributed by atoms with van der Waals surface area (Å²) in [6, 6.07) is 10.8. The van der Waals surface area contributed by atoms with Gasteiger partial charge in [0.05, 0.1) is 23.4 Å². The third-order valence-corrected chi connectivity index (χ3v) is 5.14. The maximum Gasteiger partial charge on any atom is 0.416 e. The second-order valence-electron chi connectivity index (χ2n) is 7.21. The van der Waals surface area contributed by atoms with E-state index in [1.165, 1.54) is 12.1 Å². The molecule has 150 valence electrons. The fourth-order valence-electron chi connectivity index (χ4n) is 3.46. The van der Waals surface area contributed by atoms with Gasteiger partial charge >= 0.3 is 6.18 Å². The minimum atomic E-state index is -4.36. The highest BCUT2D eigenvalue weighted by molar-refractivity contribution is 5.79. The second-order valence-corrected chi connectivity index (χ2v) is 7.21. The molecule has 0 unspecified atom stereocenters. The molecule has 0 spiro atoms. The number of piperidine rings is 1. The molecule has 4 nitrogen and oxygen atoms in total. The van der Waals surface area contributed by atoms with Crippen LogP contribution in [-0.2, 0) is 17.4 Å². The zero-order valence-corrected chi connectivity index (χ0v) is 15.7. The zero-order valence-electron chi connectivity index (χ0n) is 15.7. The lowest BCUT2D eigenvalue weighted by Crippen LogP contribution is -2.43. The highest BCUT2D eigenvalue weighted by Crippen LogP contribution is 2.29. The molecule has 28 heavy (non-hydrogen) atoms. The van der Waals surface area contributed by atoms with Crippen LogP contribution in [0.5, 0.6) is 0 Å². The minimum absolute atomic E-state index is 0.0615. The van der Waals surface area contributed by atoms with Crippen LogP contribution in [0, 0.1) is 6.92 Å². The van der Waals surface area contributed by atoms with Crippen LogP contribution < -0.4 is 11.1 Å². The molecule has 7 heteroatoms. The lowest BCUT2D eigenvalue weighted by molar-refractivity contribution is -0.137. The maximum atomic E-state index is 12.6. The monoisotopic (exact) mass is 391 g/mol. The average Bonchev–Trinajstić information content (AvgIpc) is 2.65. The number of aryl methyl sites for hydroxylation is 1. The summed E-state index contributed by atoms with van der Waals surface area (Å²) in [5, 5.41) is 3.48. The van der Waals surface area contributed by atoms with Crippen molar-refractivity contribution in [2.24, 2.45) is 0 Å². The van der Waals surface area contributed by atoms with E-state index in [0.29, 0.717) is 24.3 Å². The van der Waals surface area contributed by atoms with Gasteiger partial charge in [0.1, 0.15) is 0 Å². The number of alkyl halides is 3. The summed E-state index contributed by atoms with van der Waals surface area (Å²) in [7, 11) is 0. The molecule has 1 heterocycles. The number of nitrogens with one attached hydrogen (secondary N) is 1. The number of para-hydroxylation sites is 1. The third-order valence-electron chi connectivity index (χ3n) is 5.14. The van der Waals surface area contributed by atoms with Crippen molar-refractivity contribution in [3.63, 3.8) is 0 Å². The van der Waals surface area contributed by atoms with E-state index in [4.69, 9.17) is 5.73 Å². The highest BCUT2D eigenvalue weighted by atomic mass is 19.4. The van der Waals surface area contributed by atoms with Gasteiger partial charge < -0.3 is 16.0 Å². The predicted molar refractivity (Wildman–Crippen MR) is 104 cm³/mol. The summed E-state index contributed by atoms with van der Waals surface area (Å²) in [6.07, 6.45) is -2.65. The molecule has 1 amide bonds. The summed E-state index contributed by atoms with van der Waals surface area (Å²) in [5.41, 5.74) is 8.66. The Hall–Kier alpha value is -2.70. The molecule has 0 atom stereocenters. The number of rotatable bonds is 4. The molecule has 0 aliphatic carbocycles. The number of anilines is 2. The Kier molecular flexibility index (Phi) is 5.82. The molecule has 1 aliphatic heterocycles. The van der Waals surface area contributed by atoms with Gasteiger partial charge in [-0.2, -0.15) is 13.2 Å². The van der Waals surface area contributed by atoms with Crippen molar-refractivity contribution >= 4 is 17.3 Å². The Bertz CT molecular complexity index is 806. The van der Waals surface area contributed by atoms with Crippen LogP contribution in [0.15, 0.2) is 42.5 Å². The average molecular weight is 391 g/mol. The zero-order chi connectivity index (χ0) is 20.3. The van der Waals surface area contributed by atoms with E-state index >= 15 is 0 Å². The predicted octanol–water partition coefficient (Wildman–Crippen LogP) is 4.24. The number of halogens is 3. The summed E-state index contributed by atoms with van der Waals surface area (Å²) in [5.74, 6) is -0.0615. The van der Waals surface area contributed by atoms with Crippen LogP contribution in [0.25, 0.3) is 0 Å². The number of likely N-dealkylation sites (tertiary alicyclic amines) is 1. The van der Waals surface area contributed by atoms with Gasteiger partial charge in [-0.3, -0.25) is 4.79 Å². The van der Waals surface area contributed by atoms with Crippen molar-refractivity contribution in [1.82, 2.24) is 4.90 Å². The van der Waals surface area contributed by atoms with Crippen molar-refractivity contribution in [2.45, 2.75) is 38.4 Å². The number of carbonyl (C=O) groups excluding carboxylic acids is 1. The third kappa shape index (κ3) is 4.77. The lowest BCUT2D eigenvalue weighted by Gasteiger charge is -2.33. The van der Waals surface area contributed by atoms with E-state index in [2.05, 4.69) is 5.32 Å². The molecule has 1 fully saturated rings. The first kappa shape index (κ1) is 20.0. The van der Waals surface area contributed by atoms with Crippen LogP contribution in [0.1, 0.15) is 29.5 Å². The standard InChI is InChI=1S/C21H24F3N3O/c1-14-3-2-4-18(25)20(14)26-17-9-11-27(12-10-17)19(28)13-15-5-7-16(8-6-15)21(22,23)24/h2-8,17,26H,9-13,25H2,1H3. The van der Waals surface area contributed by atoms with Gasteiger partial charge in [-0.25, -0.2) is 0 Å². The van der Waals surface area contributed by atoms with Crippen molar-refractivity contribution < 1.29 is 18.0 Å². The molecular weight excluding hydrogens is 367 g/mol. The highest BCUT2D eigenvalue weighted by Gasteiger charge is 2.30. The Morgan fingerprint density at radius 1 is 1.14 bits per heavy atom. The SMILES string of the molecule is Cc1cccc(N)c1NC1CCN(C(=O)Cc2ccc(C(F)(F)F)cc2)CC1. The summed E-state index contributed by atoms with van der Waals surface area (Å²) >= 11 is 0. The van der Waals surface area contributed by atoms with Gasteiger partial charge in [0.15, 0.2) is 0 Å². The fourth-order valence-corrected chi connectivity index (χ4v) is 3.46. The summed E-state index contributed by atoms with van der Waals surface area (Å²) in [6.45, 7) is 3.23. The quantitative estimate of drug-likeness (QED) is 0.767. The van der Waals surface area contributed by atoms with Crippen molar-refractivity contribution in [2.75, 3.05) is 24.1 Å². The van der Waals surface area contributed by atoms with Crippen LogP contribution in [-0.4, -0.2) is 29.9 Å². The summed E-state index contributed by atoms with van der Waals surface area (Å²) in [4.78, 5) is 14.3. The topological polar surface area (TPSA) is 58.4 Å². The Labute approximate surface area is 162 Å². The Morgan fingerprint density at radius 2 is 1.79 bits per heavy atom. The van der Waals surface area contributed by atoms with E-state index in [1.54, 1.807) is 4.90 Å². The molecule has 3 rings (SSSR count). The van der Waals surface area contributed by atoms with E-state index in [9.17, 15) is 18.0 Å². The van der Waals surface area contributed by atoms with Gasteiger partial charge in [-0.05, 0) is 49.1 Å². The van der Waals surface area contributed by atoms with E-state index in [0.717, 1.165) is 36.2 Å². The Morgan fingerprint density at radius 3 is 2.36 bits per heavy atom. The van der Waals surface area contributed by atoms with E-state index in [-0.39, 0.29) is 18.4 Å². The number of amides is 1. The second kappa shape index (κ2) is 8.12. The molecule has 0 bridgehead atoms. The molecule has 1 saturated heterocycles. The number of hydrogen-bond acceptors (Lipinski definition) is 3. The number of carbonyl (C=O) groups is 1. The van der Waals surface area contributed by atoms with Crippen LogP contribution >= 0.6 is 0 Å². The van der Waals surface area contributed by atoms with Crippen LogP contribution in [0.2, 0.25) is 0 Å². The maximum absolute atomic E-state index is 12.6. The molecule has 1 aliphatic rings. The van der Waals surface area contributed by atoms with Crippen LogP contribution in [0.3, 0.4) is 0 Å². The molecular formula is C21H24F3N3O. The van der Waals surface area contributed by atoms with Gasteiger partial charge in [-0.15, -0.1) is 0 Å². The number of benzene rings is 2. The van der Waals surface area contributed by atoms with E-state index < -0.39 is 11.7 Å². The smallest absolute Gasteiger partial charge is 0.397 e. The largest absolute Gasteiger partial charge is 0.416 e. The molecule has 0 saturated carbocycles. The van der Waals surface area contributed by atoms with Crippen molar-refractivity contribution in [1.29, 1.82) is 0 Å². The molecule has 0 aromatic heterocycles. The first-order valence-electron chi connectivity index (χ1n) is 9.29. The Balaban J connectivity index is 1.52. The number of nitrogen functional groups attached to an aromatic ring is 1. The first-order valence-corrected chi connectivity index (χ1v) is 9.29. The first-order chi connectivity index (χ1) is 13.2. The normalized spacial score (nSPS) is 15.5. The van der Waals surface area contributed by atoms with Crippen molar-refractivity contribution in [3.8, 4) is 0 Å². The number of hydrogen-bond donors (Lipinski definition) is 2.